The average Bonchev–Trinajstić information content (AvgIpc) is 2.71. The zero-order valence-electron chi connectivity index (χ0n) is 17.4. The van der Waals surface area contributed by atoms with Gasteiger partial charge in [-0.05, 0) is 63.4 Å². The smallest absolute Gasteiger partial charge is 0.246 e. The SMILES string of the molecule is CCOc1ccc(Cl)cc1S(=O)(=O)N1CCC(C(=O)Nc2ccc(C)cc2C)CC1. The fraction of sp³-hybridized carbons (Fsp3) is 0.409. The number of halogens is 1. The van der Waals surface area contributed by atoms with Gasteiger partial charge in [0.15, 0.2) is 0 Å². The number of sulfonamides is 1. The molecule has 1 amide bonds. The van der Waals surface area contributed by atoms with E-state index < -0.39 is 10.0 Å². The number of ether oxygens (including phenoxy) is 1. The average molecular weight is 451 g/mol. The molecule has 0 atom stereocenters. The van der Waals surface area contributed by atoms with E-state index in [1.165, 1.54) is 10.4 Å². The van der Waals surface area contributed by atoms with Gasteiger partial charge >= 0.3 is 0 Å². The number of nitrogens with zero attached hydrogens (tertiary/aromatic N) is 1. The van der Waals surface area contributed by atoms with Crippen LogP contribution < -0.4 is 10.1 Å². The second-order valence-electron chi connectivity index (χ2n) is 7.51. The lowest BCUT2D eigenvalue weighted by Crippen LogP contribution is -2.41. The maximum atomic E-state index is 13.2. The van der Waals surface area contributed by atoms with Gasteiger partial charge in [0.2, 0.25) is 15.9 Å². The Morgan fingerprint density at radius 1 is 1.17 bits per heavy atom. The summed E-state index contributed by atoms with van der Waals surface area (Å²) in [5, 5.41) is 3.31. The van der Waals surface area contributed by atoms with Crippen LogP contribution in [0.4, 0.5) is 5.69 Å². The first-order chi connectivity index (χ1) is 14.2. The monoisotopic (exact) mass is 450 g/mol. The van der Waals surface area contributed by atoms with Crippen LogP contribution >= 0.6 is 11.6 Å². The first-order valence-corrected chi connectivity index (χ1v) is 11.8. The Morgan fingerprint density at radius 3 is 2.50 bits per heavy atom. The quantitative estimate of drug-likeness (QED) is 0.707. The predicted octanol–water partition coefficient (Wildman–Crippen LogP) is 4.39. The highest BCUT2D eigenvalue weighted by Crippen LogP contribution is 2.32. The van der Waals surface area contributed by atoms with Gasteiger partial charge in [0.1, 0.15) is 10.6 Å². The topological polar surface area (TPSA) is 75.7 Å². The van der Waals surface area contributed by atoms with Crippen molar-refractivity contribution in [2.24, 2.45) is 5.92 Å². The van der Waals surface area contributed by atoms with Crippen LogP contribution in [-0.4, -0.2) is 38.3 Å². The van der Waals surface area contributed by atoms with Gasteiger partial charge in [0, 0.05) is 29.7 Å². The zero-order valence-corrected chi connectivity index (χ0v) is 19.0. The number of aryl methyl sites for hydroxylation is 2. The van der Waals surface area contributed by atoms with E-state index in [4.69, 9.17) is 16.3 Å². The van der Waals surface area contributed by atoms with Gasteiger partial charge < -0.3 is 10.1 Å². The number of anilines is 1. The lowest BCUT2D eigenvalue weighted by Gasteiger charge is -2.31. The molecule has 8 heteroatoms. The number of rotatable bonds is 6. The number of hydrogen-bond acceptors (Lipinski definition) is 4. The molecule has 3 rings (SSSR count). The van der Waals surface area contributed by atoms with Crippen LogP contribution in [0.5, 0.6) is 5.75 Å². The Labute approximate surface area is 183 Å². The summed E-state index contributed by atoms with van der Waals surface area (Å²) in [5.74, 6) is -0.0174. The van der Waals surface area contributed by atoms with E-state index >= 15 is 0 Å². The summed E-state index contributed by atoms with van der Waals surface area (Å²) >= 11 is 6.03. The molecular formula is C22H27ClN2O4S. The minimum atomic E-state index is -3.76. The summed E-state index contributed by atoms with van der Waals surface area (Å²) < 4.78 is 33.2. The number of piperidine rings is 1. The van der Waals surface area contributed by atoms with Crippen LogP contribution in [0.3, 0.4) is 0 Å². The molecule has 0 aliphatic carbocycles. The highest BCUT2D eigenvalue weighted by molar-refractivity contribution is 7.89. The number of amides is 1. The second kappa shape index (κ2) is 9.37. The Hall–Kier alpha value is -2.09. The third kappa shape index (κ3) is 4.96. The zero-order chi connectivity index (χ0) is 21.9. The molecule has 6 nitrogen and oxygen atoms in total. The highest BCUT2D eigenvalue weighted by atomic mass is 35.5. The summed E-state index contributed by atoms with van der Waals surface area (Å²) in [6.45, 7) is 6.65. The summed E-state index contributed by atoms with van der Waals surface area (Å²) in [4.78, 5) is 12.8. The maximum Gasteiger partial charge on any atom is 0.246 e. The first-order valence-electron chi connectivity index (χ1n) is 10.0. The maximum absolute atomic E-state index is 13.2. The van der Waals surface area contributed by atoms with Crippen molar-refractivity contribution >= 4 is 33.2 Å². The van der Waals surface area contributed by atoms with Gasteiger partial charge in [-0.3, -0.25) is 4.79 Å². The molecule has 1 saturated heterocycles. The van der Waals surface area contributed by atoms with E-state index in [0.717, 1.165) is 16.8 Å². The molecule has 1 fully saturated rings. The van der Waals surface area contributed by atoms with Gasteiger partial charge in [-0.25, -0.2) is 8.42 Å². The van der Waals surface area contributed by atoms with Gasteiger partial charge in [-0.1, -0.05) is 29.3 Å². The molecule has 2 aromatic rings. The summed E-state index contributed by atoms with van der Waals surface area (Å²) in [5.41, 5.74) is 2.94. The minimum absolute atomic E-state index is 0.0648. The third-order valence-corrected chi connectivity index (χ3v) is 7.44. The van der Waals surface area contributed by atoms with E-state index in [1.807, 2.05) is 32.0 Å². The van der Waals surface area contributed by atoms with E-state index in [0.29, 0.717) is 24.5 Å². The summed E-state index contributed by atoms with van der Waals surface area (Å²) in [7, 11) is -3.76. The van der Waals surface area contributed by atoms with Crippen LogP contribution in [0.1, 0.15) is 30.9 Å². The van der Waals surface area contributed by atoms with Crippen LogP contribution in [0.25, 0.3) is 0 Å². The lowest BCUT2D eigenvalue weighted by atomic mass is 9.97. The number of nitrogens with one attached hydrogen (secondary N) is 1. The highest BCUT2D eigenvalue weighted by Gasteiger charge is 2.34. The molecule has 0 unspecified atom stereocenters. The van der Waals surface area contributed by atoms with Crippen LogP contribution in [-0.2, 0) is 14.8 Å². The molecule has 1 heterocycles. The molecule has 162 valence electrons. The van der Waals surface area contributed by atoms with Gasteiger partial charge in [0.05, 0.1) is 6.61 Å². The minimum Gasteiger partial charge on any atom is -0.492 e. The van der Waals surface area contributed by atoms with Crippen molar-refractivity contribution in [1.29, 1.82) is 0 Å². The molecule has 0 saturated carbocycles. The van der Waals surface area contributed by atoms with Crippen LogP contribution in [0.2, 0.25) is 5.02 Å². The number of carbonyl (C=O) groups is 1. The summed E-state index contributed by atoms with van der Waals surface area (Å²) in [6.07, 6.45) is 0.918. The van der Waals surface area contributed by atoms with Crippen molar-refractivity contribution < 1.29 is 17.9 Å². The van der Waals surface area contributed by atoms with E-state index in [9.17, 15) is 13.2 Å². The molecule has 1 N–H and O–H groups in total. The van der Waals surface area contributed by atoms with Crippen molar-refractivity contribution in [2.45, 2.75) is 38.5 Å². The summed E-state index contributed by atoms with van der Waals surface area (Å²) in [6, 6.07) is 10.5. The lowest BCUT2D eigenvalue weighted by molar-refractivity contribution is -0.120. The Morgan fingerprint density at radius 2 is 1.87 bits per heavy atom. The van der Waals surface area contributed by atoms with Gasteiger partial charge in [0.25, 0.3) is 0 Å². The molecule has 30 heavy (non-hydrogen) atoms. The van der Waals surface area contributed by atoms with Gasteiger partial charge in [-0.2, -0.15) is 4.31 Å². The number of benzene rings is 2. The largest absolute Gasteiger partial charge is 0.492 e. The van der Waals surface area contributed by atoms with E-state index in [2.05, 4.69) is 5.32 Å². The third-order valence-electron chi connectivity index (χ3n) is 5.29. The molecule has 0 bridgehead atoms. The van der Waals surface area contributed by atoms with Crippen molar-refractivity contribution in [3.05, 3.63) is 52.5 Å². The number of hydrogen-bond donors (Lipinski definition) is 1. The second-order valence-corrected chi connectivity index (χ2v) is 9.85. The van der Waals surface area contributed by atoms with Crippen molar-refractivity contribution in [2.75, 3.05) is 25.0 Å². The number of carbonyl (C=O) groups excluding carboxylic acids is 1. The molecule has 0 aromatic heterocycles. The van der Waals surface area contributed by atoms with E-state index in [1.54, 1.807) is 19.1 Å². The molecule has 0 spiro atoms. The van der Waals surface area contributed by atoms with Crippen LogP contribution in [0, 0.1) is 19.8 Å². The van der Waals surface area contributed by atoms with Crippen molar-refractivity contribution in [3.63, 3.8) is 0 Å². The molecule has 1 aliphatic heterocycles. The fourth-order valence-electron chi connectivity index (χ4n) is 3.64. The Kier molecular flexibility index (Phi) is 7.06. The van der Waals surface area contributed by atoms with E-state index in [-0.39, 0.29) is 35.6 Å². The molecular weight excluding hydrogens is 424 g/mol. The van der Waals surface area contributed by atoms with Crippen molar-refractivity contribution in [1.82, 2.24) is 4.31 Å². The Balaban J connectivity index is 1.69. The van der Waals surface area contributed by atoms with Crippen LogP contribution in [0.15, 0.2) is 41.3 Å². The first kappa shape index (κ1) is 22.6. The molecule has 0 radical (unpaired) electrons. The molecule has 2 aromatic carbocycles. The standard InChI is InChI=1S/C22H27ClN2O4S/c1-4-29-20-8-6-18(23)14-21(20)30(27,28)25-11-9-17(10-12-25)22(26)24-19-7-5-15(2)13-16(19)3/h5-8,13-14,17H,4,9-12H2,1-3H3,(H,24,26). The molecule has 1 aliphatic rings. The van der Waals surface area contributed by atoms with Gasteiger partial charge in [-0.15, -0.1) is 0 Å². The van der Waals surface area contributed by atoms with Crippen molar-refractivity contribution in [3.8, 4) is 5.75 Å². The predicted molar refractivity (Wildman–Crippen MR) is 119 cm³/mol. The Bertz CT molecular complexity index is 1030. The fourth-order valence-corrected chi connectivity index (χ4v) is 5.51. The normalized spacial score (nSPS) is 15.7.